The number of aliphatic hydroxyl groups is 3. The molecular formula is C33H47ClN6O5. The first-order chi connectivity index (χ1) is 21.5. The molecule has 2 atom stereocenters. The van der Waals surface area contributed by atoms with Gasteiger partial charge in [0.25, 0.3) is 0 Å². The average Bonchev–Trinajstić information content (AvgIpc) is 3.00. The van der Waals surface area contributed by atoms with Gasteiger partial charge in [0.2, 0.25) is 0 Å². The molecule has 1 saturated carbocycles. The van der Waals surface area contributed by atoms with Crippen molar-refractivity contribution in [2.75, 3.05) is 64.5 Å². The Kier molecular flexibility index (Phi) is 10.7. The standard InChI is InChI=1S/C33H47ClN6O5/c1-20-29(28(21(2)35)22(3)41)37-30(26-15-25(5-6-27(26)34)45-17-24(42)16-36-4)38-31(20)40-18-33(19-40)9-7-23(8-10-33)32(43)39-11-13-44-14-12-39/h5-6,15,23-24,32,35-36,41-43H,7-14,16-19H2,1-4H3/b28-22+,35-21?/t24-,32?/m1/s1. The van der Waals surface area contributed by atoms with Crippen LogP contribution in [0.15, 0.2) is 24.0 Å². The van der Waals surface area contributed by atoms with E-state index in [-0.39, 0.29) is 29.4 Å². The molecule has 11 nitrogen and oxygen atoms in total. The van der Waals surface area contributed by atoms with E-state index in [0.29, 0.717) is 53.2 Å². The topological polar surface area (TPSA) is 147 Å². The molecule has 1 aromatic carbocycles. The molecule has 3 aliphatic rings. The molecule has 0 bridgehead atoms. The average molecular weight is 643 g/mol. The monoisotopic (exact) mass is 642 g/mol. The molecule has 3 fully saturated rings. The molecule has 1 aliphatic carbocycles. The summed E-state index contributed by atoms with van der Waals surface area (Å²) in [5, 5.41) is 43.5. The van der Waals surface area contributed by atoms with Crippen molar-refractivity contribution in [3.05, 3.63) is 40.2 Å². The number of morpholine rings is 1. The molecule has 2 saturated heterocycles. The van der Waals surface area contributed by atoms with Crippen LogP contribution < -0.4 is 15.0 Å². The maximum absolute atomic E-state index is 11.0. The number of nitrogens with zero attached hydrogens (tertiary/aromatic N) is 4. The number of anilines is 1. The quantitative estimate of drug-likeness (QED) is 0.180. The van der Waals surface area contributed by atoms with Gasteiger partial charge < -0.3 is 40.4 Å². The minimum Gasteiger partial charge on any atom is -0.512 e. The summed E-state index contributed by atoms with van der Waals surface area (Å²) in [6.45, 7) is 10.2. The first-order valence-electron chi connectivity index (χ1n) is 15.9. The summed E-state index contributed by atoms with van der Waals surface area (Å²) in [4.78, 5) is 14.3. The van der Waals surface area contributed by atoms with Gasteiger partial charge in [0.15, 0.2) is 5.82 Å². The van der Waals surface area contributed by atoms with Crippen LogP contribution in [-0.4, -0.2) is 108 Å². The second-order valence-electron chi connectivity index (χ2n) is 12.8. The Labute approximate surface area is 270 Å². The van der Waals surface area contributed by atoms with E-state index in [2.05, 4.69) is 15.1 Å². The number of hydrogen-bond acceptors (Lipinski definition) is 11. The van der Waals surface area contributed by atoms with Crippen molar-refractivity contribution in [3.8, 4) is 17.1 Å². The number of ether oxygens (including phenoxy) is 2. The van der Waals surface area contributed by atoms with Crippen LogP contribution in [0.2, 0.25) is 5.02 Å². The molecule has 12 heteroatoms. The van der Waals surface area contributed by atoms with Crippen molar-refractivity contribution in [2.45, 2.75) is 58.8 Å². The lowest BCUT2D eigenvalue weighted by atomic mass is 9.65. The molecule has 246 valence electrons. The summed E-state index contributed by atoms with van der Waals surface area (Å²) in [5.74, 6) is 1.93. The third-order valence-corrected chi connectivity index (χ3v) is 9.77. The lowest BCUT2D eigenvalue weighted by molar-refractivity contribution is -0.100. The fourth-order valence-corrected chi connectivity index (χ4v) is 7.17. The number of benzene rings is 1. The fraction of sp³-hybridized carbons (Fsp3) is 0.606. The number of aromatic nitrogens is 2. The molecular weight excluding hydrogens is 596 g/mol. The maximum Gasteiger partial charge on any atom is 0.163 e. The van der Waals surface area contributed by atoms with E-state index in [1.807, 2.05) is 6.92 Å². The van der Waals surface area contributed by atoms with E-state index in [0.717, 1.165) is 63.2 Å². The van der Waals surface area contributed by atoms with Crippen molar-refractivity contribution < 1.29 is 24.8 Å². The van der Waals surface area contributed by atoms with Gasteiger partial charge in [0.1, 0.15) is 36.3 Å². The highest BCUT2D eigenvalue weighted by molar-refractivity contribution is 6.33. The minimum absolute atomic E-state index is 0.0140. The van der Waals surface area contributed by atoms with E-state index in [4.69, 9.17) is 36.5 Å². The Balaban J connectivity index is 1.40. The number of likely N-dealkylation sites (N-methyl/N-ethyl adjacent to an activating group) is 1. The smallest absolute Gasteiger partial charge is 0.163 e. The maximum atomic E-state index is 11.0. The van der Waals surface area contributed by atoms with Crippen LogP contribution in [0.4, 0.5) is 5.82 Å². The molecule has 1 spiro atoms. The van der Waals surface area contributed by atoms with Gasteiger partial charge in [0.05, 0.1) is 29.5 Å². The Morgan fingerprint density at radius 1 is 1.18 bits per heavy atom. The molecule has 1 aromatic heterocycles. The Morgan fingerprint density at radius 2 is 1.87 bits per heavy atom. The number of hydrogen-bond donors (Lipinski definition) is 5. The lowest BCUT2D eigenvalue weighted by Gasteiger charge is -2.55. The zero-order chi connectivity index (χ0) is 32.3. The Bertz CT molecular complexity index is 1390. The summed E-state index contributed by atoms with van der Waals surface area (Å²) in [6, 6.07) is 5.22. The third kappa shape index (κ3) is 7.45. The molecule has 3 heterocycles. The summed E-state index contributed by atoms with van der Waals surface area (Å²) < 4.78 is 11.3. The highest BCUT2D eigenvalue weighted by atomic mass is 35.5. The van der Waals surface area contributed by atoms with Gasteiger partial charge >= 0.3 is 0 Å². The summed E-state index contributed by atoms with van der Waals surface area (Å²) in [5.41, 5.74) is 2.58. The number of halogens is 1. The fourth-order valence-electron chi connectivity index (χ4n) is 6.97. The highest BCUT2D eigenvalue weighted by Crippen LogP contribution is 2.49. The van der Waals surface area contributed by atoms with Crippen molar-refractivity contribution in [2.24, 2.45) is 11.3 Å². The van der Waals surface area contributed by atoms with Gasteiger partial charge in [-0.15, -0.1) is 0 Å². The van der Waals surface area contributed by atoms with Crippen LogP contribution in [0.3, 0.4) is 0 Å². The molecule has 5 N–H and O–H groups in total. The third-order valence-electron chi connectivity index (χ3n) is 9.44. The molecule has 2 aliphatic heterocycles. The van der Waals surface area contributed by atoms with Crippen molar-refractivity contribution in [1.82, 2.24) is 20.2 Å². The van der Waals surface area contributed by atoms with Crippen LogP contribution in [0.1, 0.15) is 50.8 Å². The number of rotatable bonds is 11. The van der Waals surface area contributed by atoms with Crippen molar-refractivity contribution in [1.29, 1.82) is 5.41 Å². The van der Waals surface area contributed by atoms with Gasteiger partial charge in [0, 0.05) is 55.0 Å². The SMILES string of the molecule is CNC[C@@H](O)COc1ccc(Cl)c(-c2nc(/C(C(C)=N)=C(\C)O)c(C)c(N3CC4(CCC(C(O)N5CCOCC5)CC4)C3)n2)c1. The van der Waals surface area contributed by atoms with Crippen molar-refractivity contribution in [3.63, 3.8) is 0 Å². The van der Waals surface area contributed by atoms with E-state index in [1.165, 1.54) is 0 Å². The minimum atomic E-state index is -0.671. The first kappa shape index (κ1) is 33.6. The summed E-state index contributed by atoms with van der Waals surface area (Å²) in [6.07, 6.45) is 2.98. The summed E-state index contributed by atoms with van der Waals surface area (Å²) in [7, 11) is 1.77. The molecule has 45 heavy (non-hydrogen) atoms. The van der Waals surface area contributed by atoms with Crippen LogP contribution >= 0.6 is 11.6 Å². The Hall–Kier alpha value is -2.80. The van der Waals surface area contributed by atoms with Gasteiger partial charge in [-0.1, -0.05) is 11.6 Å². The molecule has 2 aromatic rings. The van der Waals surface area contributed by atoms with E-state index < -0.39 is 12.3 Å². The highest BCUT2D eigenvalue weighted by Gasteiger charge is 2.47. The molecule has 0 amide bonds. The van der Waals surface area contributed by atoms with E-state index in [9.17, 15) is 15.3 Å². The number of aliphatic hydroxyl groups excluding tert-OH is 3. The van der Waals surface area contributed by atoms with Gasteiger partial charge in [-0.2, -0.15) is 0 Å². The molecule has 1 unspecified atom stereocenters. The second-order valence-corrected chi connectivity index (χ2v) is 13.3. The van der Waals surface area contributed by atoms with Crippen LogP contribution in [0.5, 0.6) is 5.75 Å². The predicted molar refractivity (Wildman–Crippen MR) is 176 cm³/mol. The Morgan fingerprint density at radius 3 is 2.49 bits per heavy atom. The predicted octanol–water partition coefficient (Wildman–Crippen LogP) is 4.04. The van der Waals surface area contributed by atoms with E-state index >= 15 is 0 Å². The number of nitrogens with one attached hydrogen (secondary N) is 2. The van der Waals surface area contributed by atoms with Crippen LogP contribution in [0.25, 0.3) is 17.0 Å². The number of allylic oxidation sites excluding steroid dienone is 2. The second kappa shape index (κ2) is 14.3. The normalized spacial score (nSPS) is 20.8. The van der Waals surface area contributed by atoms with Crippen LogP contribution in [-0.2, 0) is 4.74 Å². The summed E-state index contributed by atoms with van der Waals surface area (Å²) >= 11 is 6.69. The van der Waals surface area contributed by atoms with E-state index in [1.54, 1.807) is 39.1 Å². The van der Waals surface area contributed by atoms with Gasteiger partial charge in [-0.25, -0.2) is 9.97 Å². The van der Waals surface area contributed by atoms with Gasteiger partial charge in [-0.3, -0.25) is 4.90 Å². The molecule has 5 rings (SSSR count). The zero-order valence-corrected chi connectivity index (χ0v) is 27.5. The first-order valence-corrected chi connectivity index (χ1v) is 16.2. The largest absolute Gasteiger partial charge is 0.512 e. The van der Waals surface area contributed by atoms with Crippen molar-refractivity contribution >= 4 is 28.7 Å². The van der Waals surface area contributed by atoms with Gasteiger partial charge in [-0.05, 0) is 77.6 Å². The molecule has 0 radical (unpaired) electrons. The zero-order valence-electron chi connectivity index (χ0n) is 26.8. The van der Waals surface area contributed by atoms with Crippen LogP contribution in [0, 0.1) is 23.7 Å². The lowest BCUT2D eigenvalue weighted by Crippen LogP contribution is -2.59.